The highest BCUT2D eigenvalue weighted by Crippen LogP contribution is 2.28. The molecular formula is C18H16N2O3S. The fourth-order valence-electron chi connectivity index (χ4n) is 2.77. The summed E-state index contributed by atoms with van der Waals surface area (Å²) in [6.07, 6.45) is 0.0998. The lowest BCUT2D eigenvalue weighted by molar-refractivity contribution is 0.0916. The van der Waals surface area contributed by atoms with E-state index in [9.17, 15) is 9.90 Å². The van der Waals surface area contributed by atoms with E-state index in [2.05, 4.69) is 10.3 Å². The second-order valence-corrected chi connectivity index (χ2v) is 6.71. The molecule has 0 saturated carbocycles. The number of aliphatic hydroxyl groups excluding tert-OH is 1. The van der Waals surface area contributed by atoms with E-state index in [1.807, 2.05) is 42.5 Å². The summed E-state index contributed by atoms with van der Waals surface area (Å²) in [5.74, 6) is 0.615. The Kier molecular flexibility index (Phi) is 3.92. The average Bonchev–Trinajstić information content (AvgIpc) is 3.24. The fourth-order valence-corrected chi connectivity index (χ4v) is 3.65. The highest BCUT2D eigenvalue weighted by Gasteiger charge is 2.17. The second kappa shape index (κ2) is 6.22. The van der Waals surface area contributed by atoms with Crippen molar-refractivity contribution in [2.24, 2.45) is 0 Å². The van der Waals surface area contributed by atoms with Crippen molar-refractivity contribution in [1.82, 2.24) is 10.3 Å². The van der Waals surface area contributed by atoms with Gasteiger partial charge in [-0.05, 0) is 35.4 Å². The number of nitrogens with zero attached hydrogens (tertiary/aromatic N) is 1. The molecule has 6 heteroatoms. The first kappa shape index (κ1) is 15.1. The summed E-state index contributed by atoms with van der Waals surface area (Å²) in [6.45, 7) is 0.831. The van der Waals surface area contributed by atoms with E-state index in [-0.39, 0.29) is 12.5 Å². The topological polar surface area (TPSA) is 71.5 Å². The molecule has 0 unspecified atom stereocenters. The largest absolute Gasteiger partial charge is 0.493 e. The molecule has 5 nitrogen and oxygen atoms in total. The SMILES string of the molecule is O=C(NC[C@@H](O)c1ccc2c(c1)CCO2)c1nc2ccccc2s1. The molecule has 1 amide bonds. The van der Waals surface area contributed by atoms with E-state index < -0.39 is 6.10 Å². The summed E-state index contributed by atoms with van der Waals surface area (Å²) in [5.41, 5.74) is 2.69. The molecule has 2 heterocycles. The first-order valence-electron chi connectivity index (χ1n) is 7.78. The standard InChI is InChI=1S/C18H16N2O3S/c21-14(11-5-6-15-12(9-11)7-8-23-15)10-19-17(22)18-20-13-3-1-2-4-16(13)24-18/h1-6,9,14,21H,7-8,10H2,(H,19,22)/t14-/m1/s1. The third kappa shape index (κ3) is 2.86. The van der Waals surface area contributed by atoms with E-state index in [0.717, 1.165) is 33.5 Å². The van der Waals surface area contributed by atoms with Crippen molar-refractivity contribution in [3.05, 3.63) is 58.6 Å². The van der Waals surface area contributed by atoms with Crippen LogP contribution in [0.15, 0.2) is 42.5 Å². The molecule has 0 saturated heterocycles. The Morgan fingerprint density at radius 2 is 2.21 bits per heavy atom. The van der Waals surface area contributed by atoms with Crippen LogP contribution in [0.4, 0.5) is 0 Å². The van der Waals surface area contributed by atoms with Crippen molar-refractivity contribution in [2.75, 3.05) is 13.2 Å². The molecule has 122 valence electrons. The Balaban J connectivity index is 1.43. The van der Waals surface area contributed by atoms with Crippen LogP contribution in [0.3, 0.4) is 0 Å². The molecule has 3 aromatic rings. The van der Waals surface area contributed by atoms with Gasteiger partial charge in [0.1, 0.15) is 5.75 Å². The molecule has 1 aromatic heterocycles. The minimum absolute atomic E-state index is 0.147. The van der Waals surface area contributed by atoms with E-state index >= 15 is 0 Å². The minimum atomic E-state index is -0.755. The zero-order valence-electron chi connectivity index (χ0n) is 12.9. The first-order chi connectivity index (χ1) is 11.7. The molecule has 0 aliphatic carbocycles. The number of ether oxygens (including phenoxy) is 1. The van der Waals surface area contributed by atoms with Gasteiger partial charge in [-0.3, -0.25) is 4.79 Å². The Hall–Kier alpha value is -2.44. The van der Waals surface area contributed by atoms with Crippen molar-refractivity contribution < 1.29 is 14.6 Å². The van der Waals surface area contributed by atoms with Gasteiger partial charge >= 0.3 is 0 Å². The predicted octanol–water partition coefficient (Wildman–Crippen LogP) is 2.69. The molecule has 2 N–H and O–H groups in total. The average molecular weight is 340 g/mol. The van der Waals surface area contributed by atoms with Gasteiger partial charge in [0.25, 0.3) is 5.91 Å². The van der Waals surface area contributed by atoms with Crippen molar-refractivity contribution in [2.45, 2.75) is 12.5 Å². The zero-order valence-corrected chi connectivity index (χ0v) is 13.7. The lowest BCUT2D eigenvalue weighted by Gasteiger charge is -2.12. The fraction of sp³-hybridized carbons (Fsp3) is 0.222. The first-order valence-corrected chi connectivity index (χ1v) is 8.60. The van der Waals surface area contributed by atoms with Gasteiger partial charge in [-0.2, -0.15) is 0 Å². The van der Waals surface area contributed by atoms with E-state index in [1.165, 1.54) is 11.3 Å². The molecule has 0 spiro atoms. The molecule has 0 radical (unpaired) electrons. The molecular weight excluding hydrogens is 324 g/mol. The van der Waals surface area contributed by atoms with Crippen LogP contribution in [0.1, 0.15) is 27.0 Å². The predicted molar refractivity (Wildman–Crippen MR) is 92.6 cm³/mol. The third-order valence-corrected chi connectivity index (χ3v) is 5.08. The van der Waals surface area contributed by atoms with Crippen LogP contribution >= 0.6 is 11.3 Å². The number of fused-ring (bicyclic) bond motifs is 2. The van der Waals surface area contributed by atoms with Crippen LogP contribution in [-0.2, 0) is 6.42 Å². The Morgan fingerprint density at radius 3 is 3.08 bits per heavy atom. The number of para-hydroxylation sites is 1. The Labute approximate surface area is 142 Å². The maximum atomic E-state index is 12.2. The summed E-state index contributed by atoms with van der Waals surface area (Å²) in [7, 11) is 0. The summed E-state index contributed by atoms with van der Waals surface area (Å²) < 4.78 is 6.43. The smallest absolute Gasteiger partial charge is 0.280 e. The number of carbonyl (C=O) groups excluding carboxylic acids is 1. The number of hydrogen-bond donors (Lipinski definition) is 2. The second-order valence-electron chi connectivity index (χ2n) is 5.68. The summed E-state index contributed by atoms with van der Waals surface area (Å²) in [6, 6.07) is 13.3. The highest BCUT2D eigenvalue weighted by molar-refractivity contribution is 7.20. The molecule has 4 rings (SSSR count). The quantitative estimate of drug-likeness (QED) is 0.766. The van der Waals surface area contributed by atoms with Crippen LogP contribution < -0.4 is 10.1 Å². The number of benzene rings is 2. The van der Waals surface area contributed by atoms with Crippen molar-refractivity contribution in [3.8, 4) is 5.75 Å². The van der Waals surface area contributed by atoms with Gasteiger partial charge in [-0.15, -0.1) is 11.3 Å². The molecule has 1 aliphatic heterocycles. The number of thiazole rings is 1. The van der Waals surface area contributed by atoms with Crippen molar-refractivity contribution in [1.29, 1.82) is 0 Å². The Morgan fingerprint density at radius 1 is 1.33 bits per heavy atom. The number of rotatable bonds is 4. The third-order valence-electron chi connectivity index (χ3n) is 4.04. The van der Waals surface area contributed by atoms with Gasteiger partial charge in [-0.25, -0.2) is 4.98 Å². The lowest BCUT2D eigenvalue weighted by Crippen LogP contribution is -2.28. The number of aromatic nitrogens is 1. The Bertz CT molecular complexity index is 873. The lowest BCUT2D eigenvalue weighted by atomic mass is 10.0. The number of aliphatic hydroxyl groups is 1. The van der Waals surface area contributed by atoms with Gasteiger partial charge in [0, 0.05) is 13.0 Å². The van der Waals surface area contributed by atoms with Gasteiger partial charge in [0.15, 0.2) is 5.01 Å². The zero-order chi connectivity index (χ0) is 16.5. The molecule has 1 aliphatic rings. The number of nitrogens with one attached hydrogen (secondary N) is 1. The molecule has 0 bridgehead atoms. The van der Waals surface area contributed by atoms with Gasteiger partial charge in [0.2, 0.25) is 0 Å². The van der Waals surface area contributed by atoms with Gasteiger partial charge < -0.3 is 15.2 Å². The molecule has 0 fully saturated rings. The van der Waals surface area contributed by atoms with E-state index in [0.29, 0.717) is 11.6 Å². The minimum Gasteiger partial charge on any atom is -0.493 e. The number of carbonyl (C=O) groups is 1. The van der Waals surface area contributed by atoms with Gasteiger partial charge in [-0.1, -0.05) is 18.2 Å². The van der Waals surface area contributed by atoms with Crippen LogP contribution in [0.25, 0.3) is 10.2 Å². The van der Waals surface area contributed by atoms with Crippen LogP contribution in [0, 0.1) is 0 Å². The summed E-state index contributed by atoms with van der Waals surface area (Å²) in [4.78, 5) is 16.6. The van der Waals surface area contributed by atoms with Crippen LogP contribution in [0.2, 0.25) is 0 Å². The van der Waals surface area contributed by atoms with Crippen molar-refractivity contribution in [3.63, 3.8) is 0 Å². The molecule has 1 atom stereocenters. The van der Waals surface area contributed by atoms with Gasteiger partial charge in [0.05, 0.1) is 22.9 Å². The van der Waals surface area contributed by atoms with Crippen LogP contribution in [0.5, 0.6) is 5.75 Å². The monoisotopic (exact) mass is 340 g/mol. The summed E-state index contributed by atoms with van der Waals surface area (Å²) in [5, 5.41) is 13.5. The summed E-state index contributed by atoms with van der Waals surface area (Å²) >= 11 is 1.35. The maximum Gasteiger partial charge on any atom is 0.280 e. The van der Waals surface area contributed by atoms with E-state index in [1.54, 1.807) is 0 Å². The number of amides is 1. The maximum absolute atomic E-state index is 12.2. The molecule has 2 aromatic carbocycles. The van der Waals surface area contributed by atoms with Crippen molar-refractivity contribution >= 4 is 27.5 Å². The normalized spacial score (nSPS) is 14.2. The number of hydrogen-bond acceptors (Lipinski definition) is 5. The van der Waals surface area contributed by atoms with Crippen LogP contribution in [-0.4, -0.2) is 29.1 Å². The molecule has 24 heavy (non-hydrogen) atoms. The highest BCUT2D eigenvalue weighted by atomic mass is 32.1. The van der Waals surface area contributed by atoms with E-state index in [4.69, 9.17) is 4.74 Å².